The van der Waals surface area contributed by atoms with Crippen molar-refractivity contribution < 1.29 is 4.79 Å². The molecule has 2 aliphatic carbocycles. The summed E-state index contributed by atoms with van der Waals surface area (Å²) in [6, 6.07) is 0. The molecule has 1 heteroatoms. The molecule has 0 spiro atoms. The number of allylic oxidation sites excluding steroid dienone is 2. The molecule has 1 fully saturated rings. The summed E-state index contributed by atoms with van der Waals surface area (Å²) in [5.74, 6) is 1.16. The fourth-order valence-electron chi connectivity index (χ4n) is 3.32. The Morgan fingerprint density at radius 2 is 2.00 bits per heavy atom. The lowest BCUT2D eigenvalue weighted by Crippen LogP contribution is -2.36. The van der Waals surface area contributed by atoms with Crippen LogP contribution in [-0.4, -0.2) is 5.78 Å². The highest BCUT2D eigenvalue weighted by molar-refractivity contribution is 5.91. The Hall–Kier alpha value is -0.590. The van der Waals surface area contributed by atoms with Crippen LogP contribution in [-0.2, 0) is 4.79 Å². The average Bonchev–Trinajstić information content (AvgIpc) is 2.16. The van der Waals surface area contributed by atoms with Gasteiger partial charge in [-0.15, -0.1) is 0 Å². The van der Waals surface area contributed by atoms with Crippen LogP contribution in [0.2, 0.25) is 0 Å². The van der Waals surface area contributed by atoms with Gasteiger partial charge in [-0.3, -0.25) is 4.79 Å². The maximum absolute atomic E-state index is 11.5. The summed E-state index contributed by atoms with van der Waals surface area (Å²) in [7, 11) is 0. The molecule has 0 unspecified atom stereocenters. The van der Waals surface area contributed by atoms with Crippen molar-refractivity contribution in [2.45, 2.75) is 59.8 Å². The SMILES string of the molecule is CC(C)(C)[C@H]1CCC2=CC(=O)CC[C@]2(C)C1. The lowest BCUT2D eigenvalue weighted by molar-refractivity contribution is -0.116. The average molecular weight is 220 g/mol. The van der Waals surface area contributed by atoms with E-state index >= 15 is 0 Å². The van der Waals surface area contributed by atoms with Crippen molar-refractivity contribution in [3.8, 4) is 0 Å². The quantitative estimate of drug-likeness (QED) is 0.600. The van der Waals surface area contributed by atoms with E-state index < -0.39 is 0 Å². The van der Waals surface area contributed by atoms with E-state index in [0.29, 0.717) is 16.6 Å². The van der Waals surface area contributed by atoms with Crippen LogP contribution in [0.4, 0.5) is 0 Å². The van der Waals surface area contributed by atoms with Crippen LogP contribution in [0, 0.1) is 16.7 Å². The lowest BCUT2D eigenvalue weighted by atomic mass is 9.58. The van der Waals surface area contributed by atoms with Gasteiger partial charge < -0.3 is 0 Å². The zero-order valence-corrected chi connectivity index (χ0v) is 11.1. The van der Waals surface area contributed by atoms with Crippen molar-refractivity contribution >= 4 is 5.78 Å². The number of hydrogen-bond acceptors (Lipinski definition) is 1. The molecule has 90 valence electrons. The van der Waals surface area contributed by atoms with E-state index in [-0.39, 0.29) is 0 Å². The molecule has 0 aromatic heterocycles. The molecular weight excluding hydrogens is 196 g/mol. The molecule has 0 heterocycles. The van der Waals surface area contributed by atoms with Gasteiger partial charge in [0.2, 0.25) is 0 Å². The largest absolute Gasteiger partial charge is 0.295 e. The van der Waals surface area contributed by atoms with Crippen LogP contribution in [0.5, 0.6) is 0 Å². The highest BCUT2D eigenvalue weighted by atomic mass is 16.1. The Labute approximate surface area is 99.3 Å². The van der Waals surface area contributed by atoms with E-state index in [1.54, 1.807) is 0 Å². The second-order valence-electron chi connectivity index (χ2n) is 7.00. The fourth-order valence-corrected chi connectivity index (χ4v) is 3.32. The molecule has 1 nitrogen and oxygen atoms in total. The molecule has 0 aromatic rings. The number of fused-ring (bicyclic) bond motifs is 1. The molecule has 2 rings (SSSR count). The van der Waals surface area contributed by atoms with Crippen molar-refractivity contribution in [2.75, 3.05) is 0 Å². The highest BCUT2D eigenvalue weighted by Gasteiger charge is 2.41. The number of hydrogen-bond donors (Lipinski definition) is 0. The summed E-state index contributed by atoms with van der Waals surface area (Å²) in [6.07, 6.45) is 7.46. The van der Waals surface area contributed by atoms with Gasteiger partial charge in [-0.05, 0) is 48.5 Å². The van der Waals surface area contributed by atoms with Crippen molar-refractivity contribution in [2.24, 2.45) is 16.7 Å². The summed E-state index contributed by atoms with van der Waals surface area (Å²) < 4.78 is 0. The topological polar surface area (TPSA) is 17.1 Å². The molecule has 2 aliphatic rings. The monoisotopic (exact) mass is 220 g/mol. The Morgan fingerprint density at radius 3 is 2.62 bits per heavy atom. The molecule has 0 aliphatic heterocycles. The molecule has 0 bridgehead atoms. The van der Waals surface area contributed by atoms with Crippen molar-refractivity contribution in [3.05, 3.63) is 11.6 Å². The minimum atomic E-state index is 0.324. The first-order valence-electron chi connectivity index (χ1n) is 6.55. The summed E-state index contributed by atoms with van der Waals surface area (Å²) in [6.45, 7) is 9.42. The van der Waals surface area contributed by atoms with Gasteiger partial charge in [0, 0.05) is 6.42 Å². The molecule has 0 radical (unpaired) electrons. The van der Waals surface area contributed by atoms with E-state index in [0.717, 1.165) is 25.2 Å². The van der Waals surface area contributed by atoms with E-state index in [4.69, 9.17) is 0 Å². The summed E-state index contributed by atoms with van der Waals surface area (Å²) in [5.41, 5.74) is 2.17. The van der Waals surface area contributed by atoms with Crippen molar-refractivity contribution in [1.82, 2.24) is 0 Å². The van der Waals surface area contributed by atoms with Crippen molar-refractivity contribution in [3.63, 3.8) is 0 Å². The van der Waals surface area contributed by atoms with Crippen LogP contribution < -0.4 is 0 Å². The number of carbonyl (C=O) groups excluding carboxylic acids is 1. The first-order valence-corrected chi connectivity index (χ1v) is 6.55. The standard InChI is InChI=1S/C15H24O/c1-14(2,3)12-6-5-11-9-13(16)7-8-15(11,4)10-12/h9,12H,5-8,10H2,1-4H3/t12-,15+/m0/s1. The van der Waals surface area contributed by atoms with Crippen LogP contribution >= 0.6 is 0 Å². The van der Waals surface area contributed by atoms with Crippen LogP contribution in [0.25, 0.3) is 0 Å². The molecule has 0 saturated heterocycles. The van der Waals surface area contributed by atoms with Crippen LogP contribution in [0.1, 0.15) is 59.8 Å². The number of carbonyl (C=O) groups is 1. The Balaban J connectivity index is 2.21. The van der Waals surface area contributed by atoms with Crippen LogP contribution in [0.3, 0.4) is 0 Å². The first kappa shape index (κ1) is 11.9. The van der Waals surface area contributed by atoms with Crippen LogP contribution in [0.15, 0.2) is 11.6 Å². The van der Waals surface area contributed by atoms with Gasteiger partial charge in [0.25, 0.3) is 0 Å². The smallest absolute Gasteiger partial charge is 0.155 e. The predicted molar refractivity (Wildman–Crippen MR) is 67.2 cm³/mol. The van der Waals surface area contributed by atoms with Gasteiger partial charge in [0.1, 0.15) is 0 Å². The zero-order valence-electron chi connectivity index (χ0n) is 11.1. The Bertz CT molecular complexity index is 332. The summed E-state index contributed by atoms with van der Waals surface area (Å²) in [5, 5.41) is 0. The van der Waals surface area contributed by atoms with Gasteiger partial charge in [0.15, 0.2) is 5.78 Å². The Kier molecular flexibility index (Phi) is 2.76. The molecule has 0 amide bonds. The van der Waals surface area contributed by atoms with E-state index in [1.807, 2.05) is 6.08 Å². The second kappa shape index (κ2) is 3.72. The van der Waals surface area contributed by atoms with Crippen molar-refractivity contribution in [1.29, 1.82) is 0 Å². The molecule has 0 N–H and O–H groups in total. The predicted octanol–water partition coefficient (Wildman–Crippen LogP) is 4.13. The highest BCUT2D eigenvalue weighted by Crippen LogP contribution is 2.52. The Morgan fingerprint density at radius 1 is 1.31 bits per heavy atom. The first-order chi connectivity index (χ1) is 7.31. The van der Waals surface area contributed by atoms with Gasteiger partial charge in [-0.25, -0.2) is 0 Å². The van der Waals surface area contributed by atoms with Gasteiger partial charge >= 0.3 is 0 Å². The minimum Gasteiger partial charge on any atom is -0.295 e. The molecule has 16 heavy (non-hydrogen) atoms. The van der Waals surface area contributed by atoms with E-state index in [9.17, 15) is 4.79 Å². The zero-order chi connectivity index (χ0) is 12.0. The third-order valence-corrected chi connectivity index (χ3v) is 4.72. The summed E-state index contributed by atoms with van der Waals surface area (Å²) in [4.78, 5) is 11.5. The number of ketones is 1. The molecule has 1 saturated carbocycles. The molecule has 2 atom stereocenters. The van der Waals surface area contributed by atoms with Gasteiger partial charge in [-0.1, -0.05) is 33.3 Å². The third kappa shape index (κ3) is 2.09. The maximum atomic E-state index is 11.5. The molecule has 0 aromatic carbocycles. The van der Waals surface area contributed by atoms with Gasteiger partial charge in [-0.2, -0.15) is 0 Å². The molecular formula is C15H24O. The normalized spacial score (nSPS) is 35.6. The maximum Gasteiger partial charge on any atom is 0.155 e. The van der Waals surface area contributed by atoms with Gasteiger partial charge in [0.05, 0.1) is 0 Å². The second-order valence-corrected chi connectivity index (χ2v) is 7.00. The summed E-state index contributed by atoms with van der Waals surface area (Å²) >= 11 is 0. The van der Waals surface area contributed by atoms with E-state index in [1.165, 1.54) is 18.4 Å². The third-order valence-electron chi connectivity index (χ3n) is 4.72. The van der Waals surface area contributed by atoms with E-state index in [2.05, 4.69) is 27.7 Å². The minimum absolute atomic E-state index is 0.324. The lowest BCUT2D eigenvalue weighted by Gasteiger charge is -2.46. The number of rotatable bonds is 0. The fraction of sp³-hybridized carbons (Fsp3) is 0.800.